The highest BCUT2D eigenvalue weighted by molar-refractivity contribution is 5.89. The van der Waals surface area contributed by atoms with Gasteiger partial charge in [0, 0.05) is 19.1 Å². The number of halogens is 3. The maximum absolute atomic E-state index is 13.4. The SMILES string of the molecule is O=C1N(C2CCCCC2)CCC12CCCN2Cc1cccc(C(F)(F)F)c1. The Kier molecular flexibility index (Phi) is 4.95. The highest BCUT2D eigenvalue weighted by Gasteiger charge is 2.54. The minimum Gasteiger partial charge on any atom is -0.338 e. The van der Waals surface area contributed by atoms with E-state index in [2.05, 4.69) is 9.80 Å². The lowest BCUT2D eigenvalue weighted by Gasteiger charge is -2.36. The standard InChI is InChI=1S/C21H27F3N2O/c22-21(23,24)17-7-4-6-16(14-17)15-25-12-5-10-20(25)11-13-26(19(20)27)18-8-2-1-3-9-18/h4,6-7,14,18H,1-3,5,8-13,15H2. The molecule has 0 aromatic heterocycles. The van der Waals surface area contributed by atoms with Crippen molar-refractivity contribution < 1.29 is 18.0 Å². The average molecular weight is 380 g/mol. The van der Waals surface area contributed by atoms with Crippen LogP contribution in [0.4, 0.5) is 13.2 Å². The minimum absolute atomic E-state index is 0.221. The molecule has 4 rings (SSSR count). The monoisotopic (exact) mass is 380 g/mol. The Labute approximate surface area is 158 Å². The molecule has 1 aliphatic carbocycles. The first-order valence-electron chi connectivity index (χ1n) is 10.1. The molecule has 3 aliphatic rings. The molecule has 148 valence electrons. The van der Waals surface area contributed by atoms with Crippen molar-refractivity contribution in [3.05, 3.63) is 35.4 Å². The molecule has 3 nitrogen and oxygen atoms in total. The molecule has 1 amide bonds. The van der Waals surface area contributed by atoms with Crippen LogP contribution in [-0.4, -0.2) is 40.4 Å². The van der Waals surface area contributed by atoms with E-state index in [-0.39, 0.29) is 5.91 Å². The Morgan fingerprint density at radius 1 is 1.04 bits per heavy atom. The summed E-state index contributed by atoms with van der Waals surface area (Å²) in [5, 5.41) is 0. The summed E-state index contributed by atoms with van der Waals surface area (Å²) in [6, 6.07) is 5.89. The van der Waals surface area contributed by atoms with E-state index in [9.17, 15) is 18.0 Å². The number of alkyl halides is 3. The van der Waals surface area contributed by atoms with Gasteiger partial charge >= 0.3 is 6.18 Å². The van der Waals surface area contributed by atoms with Crippen LogP contribution in [0, 0.1) is 0 Å². The van der Waals surface area contributed by atoms with E-state index in [1.165, 1.54) is 31.4 Å². The van der Waals surface area contributed by atoms with Gasteiger partial charge in [-0.15, -0.1) is 0 Å². The van der Waals surface area contributed by atoms with Gasteiger partial charge in [0.05, 0.1) is 5.56 Å². The van der Waals surface area contributed by atoms with Crippen LogP contribution in [0.2, 0.25) is 0 Å². The molecular weight excluding hydrogens is 353 g/mol. The minimum atomic E-state index is -4.33. The molecule has 1 spiro atoms. The molecule has 1 atom stereocenters. The zero-order chi connectivity index (χ0) is 19.1. The number of benzene rings is 1. The van der Waals surface area contributed by atoms with Crippen molar-refractivity contribution in [2.24, 2.45) is 0 Å². The van der Waals surface area contributed by atoms with Crippen molar-refractivity contribution in [2.75, 3.05) is 13.1 Å². The Hall–Kier alpha value is -1.56. The summed E-state index contributed by atoms with van der Waals surface area (Å²) in [7, 11) is 0. The van der Waals surface area contributed by atoms with Crippen molar-refractivity contribution in [2.45, 2.75) is 75.7 Å². The summed E-state index contributed by atoms with van der Waals surface area (Å²) in [4.78, 5) is 17.6. The van der Waals surface area contributed by atoms with E-state index in [1.807, 2.05) is 0 Å². The Morgan fingerprint density at radius 3 is 2.56 bits per heavy atom. The van der Waals surface area contributed by atoms with Gasteiger partial charge < -0.3 is 4.90 Å². The fraction of sp³-hybridized carbons (Fsp3) is 0.667. The molecule has 2 saturated heterocycles. The average Bonchev–Trinajstić information content (AvgIpc) is 3.20. The fourth-order valence-corrected chi connectivity index (χ4v) is 5.28. The van der Waals surface area contributed by atoms with Gasteiger partial charge in [0.2, 0.25) is 5.91 Å². The van der Waals surface area contributed by atoms with E-state index >= 15 is 0 Å². The van der Waals surface area contributed by atoms with Crippen LogP contribution in [0.1, 0.15) is 62.5 Å². The molecule has 1 unspecified atom stereocenters. The van der Waals surface area contributed by atoms with Crippen LogP contribution in [0.5, 0.6) is 0 Å². The highest BCUT2D eigenvalue weighted by atomic mass is 19.4. The molecule has 0 bridgehead atoms. The van der Waals surface area contributed by atoms with Crippen molar-refractivity contribution in [1.29, 1.82) is 0 Å². The van der Waals surface area contributed by atoms with Gasteiger partial charge in [-0.05, 0) is 50.3 Å². The molecular formula is C21H27F3N2O. The zero-order valence-electron chi connectivity index (χ0n) is 15.6. The van der Waals surface area contributed by atoms with Gasteiger partial charge in [-0.25, -0.2) is 0 Å². The number of nitrogens with zero attached hydrogens (tertiary/aromatic N) is 2. The fourth-order valence-electron chi connectivity index (χ4n) is 5.28. The topological polar surface area (TPSA) is 23.6 Å². The van der Waals surface area contributed by atoms with Gasteiger partial charge in [0.15, 0.2) is 0 Å². The second-order valence-corrected chi connectivity index (χ2v) is 8.30. The van der Waals surface area contributed by atoms with Crippen LogP contribution in [0.25, 0.3) is 0 Å². The number of likely N-dealkylation sites (tertiary alicyclic amines) is 2. The Balaban J connectivity index is 1.52. The van der Waals surface area contributed by atoms with Crippen molar-refractivity contribution in [3.63, 3.8) is 0 Å². The summed E-state index contributed by atoms with van der Waals surface area (Å²) in [6.07, 6.45) is 4.05. The normalized spacial score (nSPS) is 27.8. The second kappa shape index (κ2) is 7.12. The van der Waals surface area contributed by atoms with E-state index in [0.717, 1.165) is 51.3 Å². The zero-order valence-corrected chi connectivity index (χ0v) is 15.6. The predicted molar refractivity (Wildman–Crippen MR) is 97.0 cm³/mol. The van der Waals surface area contributed by atoms with E-state index in [4.69, 9.17) is 0 Å². The summed E-state index contributed by atoms with van der Waals surface area (Å²) in [6.45, 7) is 1.98. The molecule has 2 heterocycles. The lowest BCUT2D eigenvalue weighted by Crippen LogP contribution is -2.51. The summed E-state index contributed by atoms with van der Waals surface area (Å²) in [5.74, 6) is 0.221. The molecule has 3 fully saturated rings. The highest BCUT2D eigenvalue weighted by Crippen LogP contribution is 2.42. The summed E-state index contributed by atoms with van der Waals surface area (Å²) in [5.41, 5.74) is -0.476. The van der Waals surface area contributed by atoms with Crippen LogP contribution in [-0.2, 0) is 17.5 Å². The maximum atomic E-state index is 13.4. The number of carbonyl (C=O) groups is 1. The Morgan fingerprint density at radius 2 is 1.81 bits per heavy atom. The molecule has 1 saturated carbocycles. The molecule has 0 radical (unpaired) electrons. The van der Waals surface area contributed by atoms with Crippen molar-refractivity contribution in [3.8, 4) is 0 Å². The number of carbonyl (C=O) groups excluding carboxylic acids is 1. The van der Waals surface area contributed by atoms with Crippen LogP contribution in [0.15, 0.2) is 24.3 Å². The molecule has 1 aromatic rings. The maximum Gasteiger partial charge on any atom is 0.416 e. The number of amides is 1. The predicted octanol–water partition coefficient (Wildman–Crippen LogP) is 4.61. The van der Waals surface area contributed by atoms with Gasteiger partial charge in [0.25, 0.3) is 0 Å². The van der Waals surface area contributed by atoms with Crippen LogP contribution >= 0.6 is 0 Å². The van der Waals surface area contributed by atoms with E-state index in [0.29, 0.717) is 18.2 Å². The van der Waals surface area contributed by atoms with Gasteiger partial charge in [-0.1, -0.05) is 37.5 Å². The quantitative estimate of drug-likeness (QED) is 0.765. The number of hydrogen-bond acceptors (Lipinski definition) is 2. The third kappa shape index (κ3) is 3.48. The first kappa shape index (κ1) is 18.8. The molecule has 27 heavy (non-hydrogen) atoms. The molecule has 2 aliphatic heterocycles. The molecule has 1 aromatic carbocycles. The van der Waals surface area contributed by atoms with Crippen LogP contribution in [0.3, 0.4) is 0 Å². The summed E-state index contributed by atoms with van der Waals surface area (Å²) >= 11 is 0. The van der Waals surface area contributed by atoms with Gasteiger partial charge in [0.1, 0.15) is 5.54 Å². The van der Waals surface area contributed by atoms with Crippen molar-refractivity contribution in [1.82, 2.24) is 9.80 Å². The van der Waals surface area contributed by atoms with E-state index in [1.54, 1.807) is 6.07 Å². The van der Waals surface area contributed by atoms with Gasteiger partial charge in [-0.3, -0.25) is 9.69 Å². The number of hydrogen-bond donors (Lipinski definition) is 0. The largest absolute Gasteiger partial charge is 0.416 e. The molecule has 6 heteroatoms. The summed E-state index contributed by atoms with van der Waals surface area (Å²) < 4.78 is 39.1. The molecule has 0 N–H and O–H groups in total. The van der Waals surface area contributed by atoms with Crippen LogP contribution < -0.4 is 0 Å². The lowest BCUT2D eigenvalue weighted by atomic mass is 9.92. The number of rotatable bonds is 3. The third-order valence-electron chi connectivity index (χ3n) is 6.69. The first-order valence-corrected chi connectivity index (χ1v) is 10.1. The second-order valence-electron chi connectivity index (χ2n) is 8.30. The smallest absolute Gasteiger partial charge is 0.338 e. The third-order valence-corrected chi connectivity index (χ3v) is 6.69. The lowest BCUT2D eigenvalue weighted by molar-refractivity contribution is -0.140. The van der Waals surface area contributed by atoms with E-state index < -0.39 is 17.3 Å². The van der Waals surface area contributed by atoms with Crippen molar-refractivity contribution >= 4 is 5.91 Å². The van der Waals surface area contributed by atoms with Gasteiger partial charge in [-0.2, -0.15) is 13.2 Å². The first-order chi connectivity index (χ1) is 12.9. The Bertz CT molecular complexity index is 699.